The molecule has 0 bridgehead atoms. The van der Waals surface area contributed by atoms with E-state index in [0.29, 0.717) is 19.4 Å². The normalized spacial score (nSPS) is 32.6. The predicted octanol–water partition coefficient (Wildman–Crippen LogP) is -1.27. The fourth-order valence-electron chi connectivity index (χ4n) is 1.72. The number of nitrogens with one attached hydrogen (secondary N) is 1. The number of aliphatic hydroxyl groups excluding tert-OH is 2. The van der Waals surface area contributed by atoms with Gasteiger partial charge in [0.25, 0.3) is 0 Å². The molecule has 3 atom stereocenters. The molecule has 0 aromatic rings. The number of carbonyl (C=O) groups is 1. The summed E-state index contributed by atoms with van der Waals surface area (Å²) in [6, 6.07) is -0.321. The minimum Gasteiger partial charge on any atom is -0.390 e. The maximum absolute atomic E-state index is 11.2. The van der Waals surface area contributed by atoms with E-state index in [-0.39, 0.29) is 18.4 Å². The fourth-order valence-corrected chi connectivity index (χ4v) is 1.72. The van der Waals surface area contributed by atoms with E-state index in [1.54, 1.807) is 0 Å². The van der Waals surface area contributed by atoms with Crippen LogP contribution in [0, 0.1) is 0 Å². The van der Waals surface area contributed by atoms with Crippen LogP contribution in [-0.2, 0) is 4.79 Å². The molecule has 14 heavy (non-hydrogen) atoms. The predicted molar refractivity (Wildman–Crippen MR) is 51.5 cm³/mol. The standard InChI is InChI=1S/C9H18N2O3/c10-5-4-8(13)11-6-2-1-3-7(12)9(6)14/h6-7,9,12,14H,1-5,10H2,(H,11,13). The van der Waals surface area contributed by atoms with E-state index >= 15 is 0 Å². The monoisotopic (exact) mass is 202 g/mol. The zero-order valence-corrected chi connectivity index (χ0v) is 8.15. The Morgan fingerprint density at radius 1 is 1.43 bits per heavy atom. The first-order valence-corrected chi connectivity index (χ1v) is 5.00. The average Bonchev–Trinajstić information content (AvgIpc) is 2.13. The van der Waals surface area contributed by atoms with Crippen molar-refractivity contribution < 1.29 is 15.0 Å². The molecular weight excluding hydrogens is 184 g/mol. The Bertz CT molecular complexity index is 198. The molecule has 1 aliphatic carbocycles. The van der Waals surface area contributed by atoms with Gasteiger partial charge < -0.3 is 21.3 Å². The molecule has 1 amide bonds. The Morgan fingerprint density at radius 3 is 2.79 bits per heavy atom. The summed E-state index contributed by atoms with van der Waals surface area (Å²) >= 11 is 0. The van der Waals surface area contributed by atoms with E-state index in [1.807, 2.05) is 0 Å². The third-order valence-electron chi connectivity index (χ3n) is 2.54. The molecule has 0 aliphatic heterocycles. The van der Waals surface area contributed by atoms with Crippen LogP contribution >= 0.6 is 0 Å². The topological polar surface area (TPSA) is 95.6 Å². The van der Waals surface area contributed by atoms with Gasteiger partial charge in [0.15, 0.2) is 0 Å². The molecule has 5 N–H and O–H groups in total. The third-order valence-corrected chi connectivity index (χ3v) is 2.54. The Kier molecular flexibility index (Phi) is 4.31. The number of hydrogen-bond donors (Lipinski definition) is 4. The highest BCUT2D eigenvalue weighted by Gasteiger charge is 2.31. The van der Waals surface area contributed by atoms with Gasteiger partial charge in [-0.25, -0.2) is 0 Å². The van der Waals surface area contributed by atoms with Gasteiger partial charge in [-0.1, -0.05) is 0 Å². The first-order chi connectivity index (χ1) is 6.65. The van der Waals surface area contributed by atoms with Gasteiger partial charge in [-0.15, -0.1) is 0 Å². The summed E-state index contributed by atoms with van der Waals surface area (Å²) in [5, 5.41) is 21.6. The number of carbonyl (C=O) groups excluding carboxylic acids is 1. The molecule has 0 aromatic carbocycles. The van der Waals surface area contributed by atoms with Gasteiger partial charge in [-0.3, -0.25) is 4.79 Å². The summed E-state index contributed by atoms with van der Waals surface area (Å²) in [4.78, 5) is 11.2. The SMILES string of the molecule is NCCC(=O)NC1CCCC(O)C1O. The lowest BCUT2D eigenvalue weighted by atomic mass is 9.90. The number of aliphatic hydroxyl groups is 2. The summed E-state index contributed by atoms with van der Waals surface area (Å²) in [5.74, 6) is -0.161. The highest BCUT2D eigenvalue weighted by atomic mass is 16.3. The van der Waals surface area contributed by atoms with Crippen LogP contribution in [0.1, 0.15) is 25.7 Å². The average molecular weight is 202 g/mol. The largest absolute Gasteiger partial charge is 0.390 e. The molecule has 5 nitrogen and oxygen atoms in total. The van der Waals surface area contributed by atoms with Crippen LogP contribution in [-0.4, -0.2) is 40.9 Å². The molecule has 1 fully saturated rings. The van der Waals surface area contributed by atoms with Gasteiger partial charge in [-0.2, -0.15) is 0 Å². The van der Waals surface area contributed by atoms with Crippen molar-refractivity contribution in [2.75, 3.05) is 6.54 Å². The number of nitrogens with two attached hydrogens (primary N) is 1. The van der Waals surface area contributed by atoms with Crippen molar-refractivity contribution in [3.63, 3.8) is 0 Å². The molecule has 0 aromatic heterocycles. The molecule has 1 saturated carbocycles. The van der Waals surface area contributed by atoms with Crippen molar-refractivity contribution in [3.05, 3.63) is 0 Å². The van der Waals surface area contributed by atoms with E-state index in [4.69, 9.17) is 5.73 Å². The summed E-state index contributed by atoms with van der Waals surface area (Å²) in [7, 11) is 0. The van der Waals surface area contributed by atoms with E-state index in [1.165, 1.54) is 0 Å². The minimum absolute atomic E-state index is 0.161. The van der Waals surface area contributed by atoms with Gasteiger partial charge in [-0.05, 0) is 19.3 Å². The third kappa shape index (κ3) is 2.94. The van der Waals surface area contributed by atoms with E-state index < -0.39 is 12.2 Å². The highest BCUT2D eigenvalue weighted by molar-refractivity contribution is 5.76. The molecule has 3 unspecified atom stereocenters. The maximum atomic E-state index is 11.2. The lowest BCUT2D eigenvalue weighted by Gasteiger charge is -2.32. The zero-order valence-electron chi connectivity index (χ0n) is 8.15. The second kappa shape index (κ2) is 5.29. The summed E-state index contributed by atoms with van der Waals surface area (Å²) in [6.45, 7) is 0.303. The summed E-state index contributed by atoms with van der Waals surface area (Å²) in [5.41, 5.74) is 5.22. The zero-order chi connectivity index (χ0) is 10.6. The lowest BCUT2D eigenvalue weighted by molar-refractivity contribution is -0.124. The van der Waals surface area contributed by atoms with Crippen LogP contribution in [0.4, 0.5) is 0 Å². The maximum Gasteiger partial charge on any atom is 0.221 e. The van der Waals surface area contributed by atoms with Crippen LogP contribution in [0.5, 0.6) is 0 Å². The molecular formula is C9H18N2O3. The van der Waals surface area contributed by atoms with Gasteiger partial charge in [0.05, 0.1) is 18.2 Å². The van der Waals surface area contributed by atoms with Gasteiger partial charge in [0.1, 0.15) is 0 Å². The van der Waals surface area contributed by atoms with Crippen LogP contribution in [0.2, 0.25) is 0 Å². The van der Waals surface area contributed by atoms with Crippen molar-refractivity contribution in [1.82, 2.24) is 5.32 Å². The van der Waals surface area contributed by atoms with Crippen molar-refractivity contribution >= 4 is 5.91 Å². The Balaban J connectivity index is 2.39. The summed E-state index contributed by atoms with van der Waals surface area (Å²) < 4.78 is 0. The van der Waals surface area contributed by atoms with Crippen molar-refractivity contribution in [1.29, 1.82) is 0 Å². The van der Waals surface area contributed by atoms with Crippen LogP contribution in [0.25, 0.3) is 0 Å². The number of hydrogen-bond acceptors (Lipinski definition) is 4. The van der Waals surface area contributed by atoms with Crippen LogP contribution < -0.4 is 11.1 Å². The Morgan fingerprint density at radius 2 is 2.14 bits per heavy atom. The first kappa shape index (κ1) is 11.4. The van der Waals surface area contributed by atoms with Crippen molar-refractivity contribution in [3.8, 4) is 0 Å². The first-order valence-electron chi connectivity index (χ1n) is 5.00. The quantitative estimate of drug-likeness (QED) is 0.458. The molecule has 82 valence electrons. The van der Waals surface area contributed by atoms with Crippen molar-refractivity contribution in [2.45, 2.75) is 43.9 Å². The second-order valence-corrected chi connectivity index (χ2v) is 3.70. The lowest BCUT2D eigenvalue weighted by Crippen LogP contribution is -2.51. The Labute approximate surface area is 83.3 Å². The molecule has 0 spiro atoms. The Hall–Kier alpha value is -0.650. The smallest absolute Gasteiger partial charge is 0.221 e. The van der Waals surface area contributed by atoms with E-state index in [2.05, 4.69) is 5.32 Å². The number of rotatable bonds is 3. The van der Waals surface area contributed by atoms with E-state index in [0.717, 1.165) is 6.42 Å². The van der Waals surface area contributed by atoms with Gasteiger partial charge in [0, 0.05) is 13.0 Å². The minimum atomic E-state index is -0.842. The van der Waals surface area contributed by atoms with Gasteiger partial charge in [0.2, 0.25) is 5.91 Å². The molecule has 1 rings (SSSR count). The number of amides is 1. The van der Waals surface area contributed by atoms with Crippen molar-refractivity contribution in [2.24, 2.45) is 5.73 Å². The van der Waals surface area contributed by atoms with Crippen LogP contribution in [0.15, 0.2) is 0 Å². The highest BCUT2D eigenvalue weighted by Crippen LogP contribution is 2.19. The second-order valence-electron chi connectivity index (χ2n) is 3.70. The molecule has 5 heteroatoms. The fraction of sp³-hybridized carbons (Fsp3) is 0.889. The van der Waals surface area contributed by atoms with E-state index in [9.17, 15) is 15.0 Å². The molecule has 0 saturated heterocycles. The molecule has 0 radical (unpaired) electrons. The molecule has 1 aliphatic rings. The van der Waals surface area contributed by atoms with Gasteiger partial charge >= 0.3 is 0 Å². The summed E-state index contributed by atoms with van der Waals surface area (Å²) in [6.07, 6.45) is 0.849. The van der Waals surface area contributed by atoms with Crippen LogP contribution in [0.3, 0.4) is 0 Å². The molecule has 0 heterocycles.